The highest BCUT2D eigenvalue weighted by Crippen LogP contribution is 2.10. The Morgan fingerprint density at radius 3 is 2.53 bits per heavy atom. The standard InChI is InChI=1S/C13H17N3O2S/c1-3-16-10-12(11(2)15-16)9-14-19(17,18)13-7-5-4-6-8-13/h4-8,10,14H,3,9H2,1-2H3. The van der Waals surface area contributed by atoms with Crippen LogP contribution in [0.4, 0.5) is 0 Å². The van der Waals surface area contributed by atoms with E-state index in [-0.39, 0.29) is 11.4 Å². The van der Waals surface area contributed by atoms with Gasteiger partial charge in [-0.15, -0.1) is 0 Å². The number of nitrogens with zero attached hydrogens (tertiary/aromatic N) is 2. The van der Waals surface area contributed by atoms with Crippen LogP contribution >= 0.6 is 0 Å². The minimum Gasteiger partial charge on any atom is -0.272 e. The minimum atomic E-state index is -3.46. The molecule has 102 valence electrons. The van der Waals surface area contributed by atoms with Gasteiger partial charge in [-0.1, -0.05) is 18.2 Å². The molecular formula is C13H17N3O2S. The van der Waals surface area contributed by atoms with Crippen LogP contribution in [-0.4, -0.2) is 18.2 Å². The first-order valence-electron chi connectivity index (χ1n) is 6.10. The molecule has 1 aromatic heterocycles. The summed E-state index contributed by atoms with van der Waals surface area (Å²) in [6.45, 7) is 4.89. The molecule has 6 heteroatoms. The van der Waals surface area contributed by atoms with Gasteiger partial charge in [0.25, 0.3) is 0 Å². The van der Waals surface area contributed by atoms with Gasteiger partial charge in [-0.2, -0.15) is 5.10 Å². The lowest BCUT2D eigenvalue weighted by molar-refractivity contribution is 0.581. The Morgan fingerprint density at radius 2 is 1.95 bits per heavy atom. The van der Waals surface area contributed by atoms with E-state index in [0.29, 0.717) is 0 Å². The van der Waals surface area contributed by atoms with E-state index >= 15 is 0 Å². The van der Waals surface area contributed by atoms with Crippen molar-refractivity contribution < 1.29 is 8.42 Å². The van der Waals surface area contributed by atoms with Crippen molar-refractivity contribution in [2.24, 2.45) is 0 Å². The predicted molar refractivity (Wildman–Crippen MR) is 73.1 cm³/mol. The first-order valence-corrected chi connectivity index (χ1v) is 7.59. The van der Waals surface area contributed by atoms with E-state index < -0.39 is 10.0 Å². The van der Waals surface area contributed by atoms with Gasteiger partial charge in [-0.3, -0.25) is 4.68 Å². The van der Waals surface area contributed by atoms with Crippen LogP contribution in [-0.2, 0) is 23.1 Å². The summed E-state index contributed by atoms with van der Waals surface area (Å²) >= 11 is 0. The van der Waals surface area contributed by atoms with Crippen molar-refractivity contribution in [1.29, 1.82) is 0 Å². The van der Waals surface area contributed by atoms with Crippen LogP contribution in [0.15, 0.2) is 41.4 Å². The Hall–Kier alpha value is -1.66. The summed E-state index contributed by atoms with van der Waals surface area (Å²) in [5.41, 5.74) is 1.74. The number of sulfonamides is 1. The average molecular weight is 279 g/mol. The van der Waals surface area contributed by atoms with Crippen molar-refractivity contribution in [3.05, 3.63) is 47.8 Å². The third-order valence-electron chi connectivity index (χ3n) is 2.88. The van der Waals surface area contributed by atoms with Gasteiger partial charge in [-0.05, 0) is 26.0 Å². The smallest absolute Gasteiger partial charge is 0.240 e. The highest BCUT2D eigenvalue weighted by Gasteiger charge is 2.14. The first kappa shape index (κ1) is 13.8. The molecule has 2 rings (SSSR count). The summed E-state index contributed by atoms with van der Waals surface area (Å²) < 4.78 is 28.5. The van der Waals surface area contributed by atoms with Gasteiger partial charge in [0.15, 0.2) is 0 Å². The zero-order chi connectivity index (χ0) is 13.9. The molecule has 0 aliphatic carbocycles. The highest BCUT2D eigenvalue weighted by atomic mass is 32.2. The molecule has 0 fully saturated rings. The second-order valence-corrected chi connectivity index (χ2v) is 6.00. The maximum Gasteiger partial charge on any atom is 0.240 e. The molecule has 2 aromatic rings. The van der Waals surface area contributed by atoms with Gasteiger partial charge in [0, 0.05) is 24.8 Å². The molecule has 0 amide bonds. The molecule has 0 aliphatic heterocycles. The zero-order valence-electron chi connectivity index (χ0n) is 11.0. The Bertz CT molecular complexity index is 648. The summed E-state index contributed by atoms with van der Waals surface area (Å²) in [6, 6.07) is 8.34. The lowest BCUT2D eigenvalue weighted by atomic mass is 10.3. The Balaban J connectivity index is 2.12. The van der Waals surface area contributed by atoms with E-state index in [0.717, 1.165) is 17.8 Å². The molecule has 1 N–H and O–H groups in total. The van der Waals surface area contributed by atoms with Crippen molar-refractivity contribution in [2.75, 3.05) is 0 Å². The molecular weight excluding hydrogens is 262 g/mol. The third kappa shape index (κ3) is 3.21. The van der Waals surface area contributed by atoms with Crippen LogP contribution in [0.2, 0.25) is 0 Å². The largest absolute Gasteiger partial charge is 0.272 e. The molecule has 5 nitrogen and oxygen atoms in total. The number of rotatable bonds is 5. The number of benzene rings is 1. The van der Waals surface area contributed by atoms with Crippen molar-refractivity contribution >= 4 is 10.0 Å². The zero-order valence-corrected chi connectivity index (χ0v) is 11.8. The van der Waals surface area contributed by atoms with Gasteiger partial charge in [0.2, 0.25) is 10.0 Å². The summed E-state index contributed by atoms with van der Waals surface area (Å²) in [5.74, 6) is 0. The van der Waals surface area contributed by atoms with Crippen molar-refractivity contribution in [1.82, 2.24) is 14.5 Å². The summed E-state index contributed by atoms with van der Waals surface area (Å²) in [7, 11) is -3.46. The van der Waals surface area contributed by atoms with Crippen LogP contribution in [0.5, 0.6) is 0 Å². The van der Waals surface area contributed by atoms with E-state index in [1.54, 1.807) is 35.0 Å². The van der Waals surface area contributed by atoms with E-state index in [1.165, 1.54) is 0 Å². The molecule has 0 spiro atoms. The topological polar surface area (TPSA) is 64.0 Å². The molecule has 1 heterocycles. The van der Waals surface area contributed by atoms with Crippen molar-refractivity contribution in [3.8, 4) is 0 Å². The maximum atomic E-state index is 12.1. The van der Waals surface area contributed by atoms with Gasteiger partial charge in [0.05, 0.1) is 10.6 Å². The maximum absolute atomic E-state index is 12.1. The number of hydrogen-bond donors (Lipinski definition) is 1. The van der Waals surface area contributed by atoms with Crippen molar-refractivity contribution in [3.63, 3.8) is 0 Å². The van der Waals surface area contributed by atoms with Crippen LogP contribution < -0.4 is 4.72 Å². The predicted octanol–water partition coefficient (Wildman–Crippen LogP) is 1.69. The molecule has 0 radical (unpaired) electrons. The molecule has 0 saturated carbocycles. The molecule has 19 heavy (non-hydrogen) atoms. The summed E-state index contributed by atoms with van der Waals surface area (Å²) in [5, 5.41) is 4.28. The van der Waals surface area contributed by atoms with E-state index in [4.69, 9.17) is 0 Å². The second-order valence-electron chi connectivity index (χ2n) is 4.23. The van der Waals surface area contributed by atoms with Crippen LogP contribution in [0.25, 0.3) is 0 Å². The molecule has 0 aliphatic rings. The van der Waals surface area contributed by atoms with Gasteiger partial charge < -0.3 is 0 Å². The average Bonchev–Trinajstić information content (AvgIpc) is 2.78. The normalized spacial score (nSPS) is 11.7. The number of aromatic nitrogens is 2. The first-order chi connectivity index (χ1) is 9.03. The van der Waals surface area contributed by atoms with E-state index in [2.05, 4.69) is 9.82 Å². The lowest BCUT2D eigenvalue weighted by Gasteiger charge is -2.05. The second kappa shape index (κ2) is 5.54. The summed E-state index contributed by atoms with van der Waals surface area (Å²) in [6.07, 6.45) is 1.86. The Kier molecular flexibility index (Phi) is 4.01. The SMILES string of the molecule is CCn1cc(CNS(=O)(=O)c2ccccc2)c(C)n1. The number of nitrogens with one attached hydrogen (secondary N) is 1. The summed E-state index contributed by atoms with van der Waals surface area (Å²) in [4.78, 5) is 0.274. The Labute approximate surface area is 113 Å². The Morgan fingerprint density at radius 1 is 1.26 bits per heavy atom. The molecule has 0 unspecified atom stereocenters. The van der Waals surface area contributed by atoms with Crippen molar-refractivity contribution in [2.45, 2.75) is 31.8 Å². The van der Waals surface area contributed by atoms with Crippen LogP contribution in [0.3, 0.4) is 0 Å². The van der Waals surface area contributed by atoms with E-state index in [9.17, 15) is 8.42 Å². The molecule has 0 atom stereocenters. The van der Waals surface area contributed by atoms with E-state index in [1.807, 2.05) is 20.0 Å². The third-order valence-corrected chi connectivity index (χ3v) is 4.30. The minimum absolute atomic E-state index is 0.253. The fourth-order valence-corrected chi connectivity index (χ4v) is 2.78. The monoisotopic (exact) mass is 279 g/mol. The molecule has 0 bridgehead atoms. The van der Waals surface area contributed by atoms with Gasteiger partial charge in [-0.25, -0.2) is 13.1 Å². The number of hydrogen-bond acceptors (Lipinski definition) is 3. The van der Waals surface area contributed by atoms with Crippen LogP contribution in [0, 0.1) is 6.92 Å². The molecule has 1 aromatic carbocycles. The fourth-order valence-electron chi connectivity index (χ4n) is 1.75. The van der Waals surface area contributed by atoms with Crippen LogP contribution in [0.1, 0.15) is 18.2 Å². The molecule has 0 saturated heterocycles. The lowest BCUT2D eigenvalue weighted by Crippen LogP contribution is -2.23. The van der Waals surface area contributed by atoms with Gasteiger partial charge >= 0.3 is 0 Å². The van der Waals surface area contributed by atoms with Gasteiger partial charge in [0.1, 0.15) is 0 Å². The fraction of sp³-hybridized carbons (Fsp3) is 0.308. The number of aryl methyl sites for hydroxylation is 2. The highest BCUT2D eigenvalue weighted by molar-refractivity contribution is 7.89. The quantitative estimate of drug-likeness (QED) is 0.906.